The maximum atomic E-state index is 6.07. The lowest BCUT2D eigenvalue weighted by Gasteiger charge is -2.12. The first kappa shape index (κ1) is 14.4. The third-order valence-corrected chi connectivity index (χ3v) is 4.00. The van der Waals surface area contributed by atoms with Crippen LogP contribution in [-0.4, -0.2) is 19.6 Å². The van der Waals surface area contributed by atoms with E-state index in [-0.39, 0.29) is 5.92 Å². The molecule has 0 saturated heterocycles. The first-order valence-electron chi connectivity index (χ1n) is 7.81. The van der Waals surface area contributed by atoms with Crippen LogP contribution in [0.3, 0.4) is 0 Å². The minimum absolute atomic E-state index is 0.225. The molecule has 0 bridgehead atoms. The molecule has 0 radical (unpaired) electrons. The highest BCUT2D eigenvalue weighted by Crippen LogP contribution is 2.23. The van der Waals surface area contributed by atoms with E-state index in [2.05, 4.69) is 34.1 Å². The van der Waals surface area contributed by atoms with Gasteiger partial charge < -0.3 is 10.2 Å². The molecule has 4 rings (SSSR count). The highest BCUT2D eigenvalue weighted by Gasteiger charge is 2.15. The van der Waals surface area contributed by atoms with Crippen molar-refractivity contribution in [1.29, 1.82) is 0 Å². The van der Waals surface area contributed by atoms with E-state index in [9.17, 15) is 0 Å². The molecule has 6 heteroatoms. The first-order valence-corrected chi connectivity index (χ1v) is 7.81. The predicted octanol–water partition coefficient (Wildman–Crippen LogP) is 3.31. The number of nitrogen functional groups attached to an aromatic ring is 1. The molecule has 1 unspecified atom stereocenters. The first-order chi connectivity index (χ1) is 11.7. The van der Waals surface area contributed by atoms with Crippen LogP contribution in [0.4, 0.5) is 5.95 Å². The van der Waals surface area contributed by atoms with E-state index in [0.717, 1.165) is 12.1 Å². The zero-order chi connectivity index (χ0) is 16.5. The number of benzene rings is 1. The van der Waals surface area contributed by atoms with Gasteiger partial charge in [-0.2, -0.15) is 4.52 Å². The fourth-order valence-electron chi connectivity index (χ4n) is 2.77. The van der Waals surface area contributed by atoms with Gasteiger partial charge in [0.15, 0.2) is 11.4 Å². The van der Waals surface area contributed by atoms with Crippen molar-refractivity contribution in [1.82, 2.24) is 19.6 Å². The highest BCUT2D eigenvalue weighted by molar-refractivity contribution is 5.54. The number of furan rings is 1. The van der Waals surface area contributed by atoms with Gasteiger partial charge in [0.2, 0.25) is 11.8 Å². The third kappa shape index (κ3) is 2.62. The summed E-state index contributed by atoms with van der Waals surface area (Å²) in [6, 6.07) is 15.9. The molecule has 0 aliphatic heterocycles. The number of fused-ring (bicyclic) bond motifs is 1. The molecule has 0 fully saturated rings. The SMILES string of the molecule is CC(Cc1ccccc1)c1cc2nc(-c3ccco3)nn2c(N)n1. The molecule has 3 heterocycles. The smallest absolute Gasteiger partial charge is 0.223 e. The Hall–Kier alpha value is -3.15. The van der Waals surface area contributed by atoms with E-state index in [4.69, 9.17) is 10.2 Å². The summed E-state index contributed by atoms with van der Waals surface area (Å²) in [5.41, 5.74) is 8.92. The molecule has 6 nitrogen and oxygen atoms in total. The molecular weight excluding hydrogens is 302 g/mol. The minimum atomic E-state index is 0.225. The average molecular weight is 319 g/mol. The van der Waals surface area contributed by atoms with Gasteiger partial charge in [-0.05, 0) is 24.1 Å². The molecule has 0 spiro atoms. The molecule has 24 heavy (non-hydrogen) atoms. The third-order valence-electron chi connectivity index (χ3n) is 4.00. The molecule has 2 N–H and O–H groups in total. The van der Waals surface area contributed by atoms with Crippen molar-refractivity contribution in [3.05, 3.63) is 66.1 Å². The van der Waals surface area contributed by atoms with E-state index in [1.54, 1.807) is 12.3 Å². The van der Waals surface area contributed by atoms with E-state index in [1.807, 2.05) is 30.3 Å². The quantitative estimate of drug-likeness (QED) is 0.624. The van der Waals surface area contributed by atoms with Crippen LogP contribution < -0.4 is 5.73 Å². The summed E-state index contributed by atoms with van der Waals surface area (Å²) in [6.45, 7) is 2.13. The largest absolute Gasteiger partial charge is 0.461 e. The number of hydrogen-bond acceptors (Lipinski definition) is 5. The molecular formula is C18H17N5O. The van der Waals surface area contributed by atoms with Gasteiger partial charge in [-0.1, -0.05) is 37.3 Å². The molecule has 0 amide bonds. The van der Waals surface area contributed by atoms with E-state index in [1.165, 1.54) is 10.1 Å². The maximum absolute atomic E-state index is 6.07. The summed E-state index contributed by atoms with van der Waals surface area (Å²) in [5.74, 6) is 1.66. The monoisotopic (exact) mass is 319 g/mol. The zero-order valence-corrected chi connectivity index (χ0v) is 13.3. The molecule has 1 atom stereocenters. The number of nitrogens with two attached hydrogens (primary N) is 1. The second-order valence-electron chi connectivity index (χ2n) is 5.81. The summed E-state index contributed by atoms with van der Waals surface area (Å²) in [6.07, 6.45) is 2.48. The van der Waals surface area contributed by atoms with Crippen molar-refractivity contribution in [3.63, 3.8) is 0 Å². The van der Waals surface area contributed by atoms with E-state index >= 15 is 0 Å². The maximum Gasteiger partial charge on any atom is 0.223 e. The van der Waals surface area contributed by atoms with Crippen LogP contribution in [0.2, 0.25) is 0 Å². The zero-order valence-electron chi connectivity index (χ0n) is 13.3. The van der Waals surface area contributed by atoms with Gasteiger partial charge in [0.1, 0.15) is 0 Å². The second kappa shape index (κ2) is 5.81. The normalized spacial score (nSPS) is 12.5. The minimum Gasteiger partial charge on any atom is -0.461 e. The Morgan fingerprint density at radius 2 is 1.96 bits per heavy atom. The lowest BCUT2D eigenvalue weighted by molar-refractivity contribution is 0.577. The number of nitrogens with zero attached hydrogens (tertiary/aromatic N) is 4. The van der Waals surface area contributed by atoms with Gasteiger partial charge in [0.05, 0.1) is 12.0 Å². The molecule has 1 aromatic carbocycles. The summed E-state index contributed by atoms with van der Waals surface area (Å²) in [7, 11) is 0. The number of rotatable bonds is 4. The van der Waals surface area contributed by atoms with E-state index < -0.39 is 0 Å². The molecule has 0 aliphatic carbocycles. The fourth-order valence-corrected chi connectivity index (χ4v) is 2.77. The summed E-state index contributed by atoms with van der Waals surface area (Å²) in [4.78, 5) is 9.00. The van der Waals surface area contributed by atoms with Crippen molar-refractivity contribution in [2.75, 3.05) is 5.73 Å². The summed E-state index contributed by atoms with van der Waals surface area (Å²) >= 11 is 0. The van der Waals surface area contributed by atoms with Crippen LogP contribution in [0.5, 0.6) is 0 Å². The van der Waals surface area contributed by atoms with Crippen molar-refractivity contribution in [2.24, 2.45) is 0 Å². The Morgan fingerprint density at radius 3 is 2.71 bits per heavy atom. The predicted molar refractivity (Wildman–Crippen MR) is 91.5 cm³/mol. The van der Waals surface area contributed by atoms with Crippen LogP contribution >= 0.6 is 0 Å². The van der Waals surface area contributed by atoms with Gasteiger partial charge in [-0.15, -0.1) is 5.10 Å². The number of hydrogen-bond donors (Lipinski definition) is 1. The topological polar surface area (TPSA) is 82.2 Å². The Balaban J connectivity index is 1.69. The number of aromatic nitrogens is 4. The van der Waals surface area contributed by atoms with Crippen LogP contribution in [0, 0.1) is 0 Å². The van der Waals surface area contributed by atoms with Crippen LogP contribution in [0.25, 0.3) is 17.2 Å². The lowest BCUT2D eigenvalue weighted by Crippen LogP contribution is -2.08. The van der Waals surface area contributed by atoms with Crippen molar-refractivity contribution in [3.8, 4) is 11.6 Å². The van der Waals surface area contributed by atoms with Crippen LogP contribution in [0.15, 0.2) is 59.2 Å². The Kier molecular flexibility index (Phi) is 3.49. The Labute approximate surface area is 139 Å². The molecule has 120 valence electrons. The van der Waals surface area contributed by atoms with Gasteiger partial charge >= 0.3 is 0 Å². The summed E-state index contributed by atoms with van der Waals surface area (Å²) < 4.78 is 6.88. The van der Waals surface area contributed by atoms with Crippen molar-refractivity contribution < 1.29 is 4.42 Å². The van der Waals surface area contributed by atoms with Gasteiger partial charge in [-0.25, -0.2) is 9.97 Å². The Bertz CT molecular complexity index is 960. The molecule has 0 saturated carbocycles. The van der Waals surface area contributed by atoms with E-state index in [0.29, 0.717) is 23.2 Å². The van der Waals surface area contributed by atoms with Crippen molar-refractivity contribution in [2.45, 2.75) is 19.3 Å². The van der Waals surface area contributed by atoms with Crippen LogP contribution in [-0.2, 0) is 6.42 Å². The molecule has 4 aromatic rings. The Morgan fingerprint density at radius 1 is 1.12 bits per heavy atom. The summed E-state index contributed by atoms with van der Waals surface area (Å²) in [5, 5.41) is 4.36. The standard InChI is InChI=1S/C18H17N5O/c1-12(10-13-6-3-2-4-7-13)14-11-16-21-17(15-8-5-9-24-15)22-23(16)18(19)20-14/h2-9,11-12H,10H2,1H3,(H2,19,20). The second-order valence-corrected chi connectivity index (χ2v) is 5.81. The molecule has 0 aliphatic rings. The van der Waals surface area contributed by atoms with Gasteiger partial charge in [-0.3, -0.25) is 0 Å². The highest BCUT2D eigenvalue weighted by atomic mass is 16.3. The van der Waals surface area contributed by atoms with Gasteiger partial charge in [0, 0.05) is 12.0 Å². The average Bonchev–Trinajstić information content (AvgIpc) is 3.25. The molecule has 3 aromatic heterocycles. The van der Waals surface area contributed by atoms with Crippen LogP contribution in [0.1, 0.15) is 24.1 Å². The number of anilines is 1. The lowest BCUT2D eigenvalue weighted by atomic mass is 9.98. The fraction of sp³-hybridized carbons (Fsp3) is 0.167. The van der Waals surface area contributed by atoms with Gasteiger partial charge in [0.25, 0.3) is 0 Å². The van der Waals surface area contributed by atoms with Crippen molar-refractivity contribution >= 4 is 11.6 Å².